The summed E-state index contributed by atoms with van der Waals surface area (Å²) in [7, 11) is 0. The van der Waals surface area contributed by atoms with Crippen molar-refractivity contribution in [1.82, 2.24) is 0 Å². The first-order chi connectivity index (χ1) is 24.7. The molecule has 0 heterocycles. The highest BCUT2D eigenvalue weighted by Gasteiger charge is 2.51. The summed E-state index contributed by atoms with van der Waals surface area (Å²) in [6.45, 7) is 0. The number of benzene rings is 8. The maximum absolute atomic E-state index is 11.5. The molecule has 2 aliphatic rings. The van der Waals surface area contributed by atoms with Crippen molar-refractivity contribution in [2.75, 3.05) is 0 Å². The van der Waals surface area contributed by atoms with E-state index in [9.17, 15) is 5.11 Å². The van der Waals surface area contributed by atoms with Gasteiger partial charge in [-0.05, 0) is 102 Å². The minimum atomic E-state index is -0.398. The minimum absolute atomic E-state index is 0.267. The van der Waals surface area contributed by atoms with E-state index in [1.54, 1.807) is 0 Å². The molecular weight excluding hydrogens is 605 g/mol. The molecule has 50 heavy (non-hydrogen) atoms. The van der Waals surface area contributed by atoms with Gasteiger partial charge < -0.3 is 5.11 Å². The summed E-state index contributed by atoms with van der Waals surface area (Å²) in [5, 5.41) is 11.5. The average Bonchev–Trinajstić information content (AvgIpc) is 3.66. The Bertz CT molecular complexity index is 2570. The summed E-state index contributed by atoms with van der Waals surface area (Å²) in [5.74, 6) is 0.267. The summed E-state index contributed by atoms with van der Waals surface area (Å²) >= 11 is 0. The van der Waals surface area contributed by atoms with E-state index in [0.29, 0.717) is 0 Å². The van der Waals surface area contributed by atoms with Crippen LogP contribution in [-0.2, 0) is 5.41 Å². The minimum Gasteiger partial charge on any atom is -0.507 e. The van der Waals surface area contributed by atoms with Crippen molar-refractivity contribution in [3.8, 4) is 72.5 Å². The molecule has 234 valence electrons. The van der Waals surface area contributed by atoms with Crippen molar-refractivity contribution in [1.29, 1.82) is 0 Å². The molecule has 2 aliphatic carbocycles. The van der Waals surface area contributed by atoms with Gasteiger partial charge >= 0.3 is 0 Å². The van der Waals surface area contributed by atoms with Crippen LogP contribution in [0.2, 0.25) is 0 Å². The van der Waals surface area contributed by atoms with Crippen molar-refractivity contribution in [3.05, 3.63) is 210 Å². The van der Waals surface area contributed by atoms with Crippen LogP contribution >= 0.6 is 0 Å². The van der Waals surface area contributed by atoms with E-state index in [4.69, 9.17) is 0 Å². The van der Waals surface area contributed by atoms with Gasteiger partial charge in [0.1, 0.15) is 5.75 Å². The van der Waals surface area contributed by atoms with Crippen LogP contribution in [0.4, 0.5) is 0 Å². The van der Waals surface area contributed by atoms with Crippen molar-refractivity contribution in [2.45, 2.75) is 5.41 Å². The SMILES string of the molecule is Oc1ccc(-c2cccc3c2-c2ccccc2C32c3ccccc3-c3ccccc32)cc1-c1ccccc1-c1cccc(-c2ccccc2)c1. The third kappa shape index (κ3) is 4.01. The molecule has 0 saturated heterocycles. The van der Waals surface area contributed by atoms with Crippen LogP contribution in [0.1, 0.15) is 22.3 Å². The zero-order valence-corrected chi connectivity index (χ0v) is 27.3. The van der Waals surface area contributed by atoms with E-state index in [1.165, 1.54) is 61.2 Å². The molecule has 0 atom stereocenters. The second-order valence-corrected chi connectivity index (χ2v) is 13.3. The third-order valence-electron chi connectivity index (χ3n) is 10.8. The summed E-state index contributed by atoms with van der Waals surface area (Å²) in [5.41, 5.74) is 18.6. The first-order valence-corrected chi connectivity index (χ1v) is 17.2. The first-order valence-electron chi connectivity index (χ1n) is 17.2. The number of rotatable bonds is 4. The predicted octanol–water partition coefficient (Wildman–Crippen LogP) is 12.4. The van der Waals surface area contributed by atoms with Crippen LogP contribution in [0.5, 0.6) is 5.75 Å². The Morgan fingerprint density at radius 1 is 0.280 bits per heavy atom. The van der Waals surface area contributed by atoms with Crippen LogP contribution in [-0.4, -0.2) is 5.11 Å². The fourth-order valence-electron chi connectivity index (χ4n) is 8.77. The summed E-state index contributed by atoms with van der Waals surface area (Å²) < 4.78 is 0. The van der Waals surface area contributed by atoms with Crippen LogP contribution in [0.25, 0.3) is 66.8 Å². The molecule has 1 heteroatoms. The van der Waals surface area contributed by atoms with Gasteiger partial charge in [-0.2, -0.15) is 0 Å². The number of hydrogen-bond acceptors (Lipinski definition) is 1. The van der Waals surface area contributed by atoms with Gasteiger partial charge in [0, 0.05) is 5.56 Å². The fourth-order valence-corrected chi connectivity index (χ4v) is 8.77. The monoisotopic (exact) mass is 636 g/mol. The molecule has 1 N–H and O–H groups in total. The predicted molar refractivity (Wildman–Crippen MR) is 206 cm³/mol. The smallest absolute Gasteiger partial charge is 0.123 e. The molecule has 10 rings (SSSR count). The Kier molecular flexibility index (Phi) is 6.31. The standard InChI is InChI=1S/C49H32O/c50-47-29-28-35(31-42(47)38-19-5-4-18-36(38)34-17-12-16-33(30-34)32-14-2-1-3-15-32)37-23-13-27-46-48(37)41-22-8-11-26-45(41)49(46)43-24-9-6-20-39(43)40-21-7-10-25-44(40)49/h1-31,50H. The highest BCUT2D eigenvalue weighted by atomic mass is 16.3. The average molecular weight is 637 g/mol. The Balaban J connectivity index is 1.17. The van der Waals surface area contributed by atoms with E-state index in [1.807, 2.05) is 12.1 Å². The van der Waals surface area contributed by atoms with Crippen molar-refractivity contribution in [3.63, 3.8) is 0 Å². The van der Waals surface area contributed by atoms with Crippen LogP contribution in [0.15, 0.2) is 188 Å². The van der Waals surface area contributed by atoms with Gasteiger partial charge in [0.2, 0.25) is 0 Å². The molecule has 8 aromatic carbocycles. The van der Waals surface area contributed by atoms with Crippen molar-refractivity contribution < 1.29 is 5.11 Å². The quantitative estimate of drug-likeness (QED) is 0.204. The Morgan fingerprint density at radius 2 is 0.760 bits per heavy atom. The van der Waals surface area contributed by atoms with Gasteiger partial charge in [-0.3, -0.25) is 0 Å². The van der Waals surface area contributed by atoms with Crippen LogP contribution < -0.4 is 0 Å². The van der Waals surface area contributed by atoms with Gasteiger partial charge in [-0.1, -0.05) is 170 Å². The van der Waals surface area contributed by atoms with Crippen LogP contribution in [0.3, 0.4) is 0 Å². The Labute approximate surface area is 292 Å². The Morgan fingerprint density at radius 3 is 1.48 bits per heavy atom. The lowest BCUT2D eigenvalue weighted by Gasteiger charge is -2.30. The number of fused-ring (bicyclic) bond motifs is 10. The lowest BCUT2D eigenvalue weighted by molar-refractivity contribution is 0.477. The largest absolute Gasteiger partial charge is 0.507 e. The van der Waals surface area contributed by atoms with Gasteiger partial charge in [-0.25, -0.2) is 0 Å². The molecule has 0 fully saturated rings. The molecule has 0 radical (unpaired) electrons. The maximum Gasteiger partial charge on any atom is 0.123 e. The lowest BCUT2D eigenvalue weighted by Crippen LogP contribution is -2.25. The number of phenolic OH excluding ortho intramolecular Hbond substituents is 1. The second kappa shape index (κ2) is 11.1. The summed E-state index contributed by atoms with van der Waals surface area (Å²) in [4.78, 5) is 0. The summed E-state index contributed by atoms with van der Waals surface area (Å²) in [6.07, 6.45) is 0. The van der Waals surface area contributed by atoms with Crippen LogP contribution in [0, 0.1) is 0 Å². The van der Waals surface area contributed by atoms with E-state index >= 15 is 0 Å². The van der Waals surface area contributed by atoms with E-state index in [2.05, 4.69) is 176 Å². The lowest BCUT2D eigenvalue weighted by atomic mass is 9.70. The zero-order chi connectivity index (χ0) is 33.2. The molecule has 0 unspecified atom stereocenters. The topological polar surface area (TPSA) is 20.2 Å². The van der Waals surface area contributed by atoms with Gasteiger partial charge in [0.05, 0.1) is 5.41 Å². The first kappa shape index (κ1) is 28.6. The van der Waals surface area contributed by atoms with Gasteiger partial charge in [-0.15, -0.1) is 0 Å². The van der Waals surface area contributed by atoms with E-state index in [0.717, 1.165) is 27.8 Å². The zero-order valence-electron chi connectivity index (χ0n) is 27.3. The van der Waals surface area contributed by atoms with E-state index < -0.39 is 5.41 Å². The number of aromatic hydroxyl groups is 1. The molecule has 0 aliphatic heterocycles. The molecule has 1 nitrogen and oxygen atoms in total. The molecule has 0 aromatic heterocycles. The van der Waals surface area contributed by atoms with Gasteiger partial charge in [0.15, 0.2) is 0 Å². The Hall–Kier alpha value is -6.44. The number of phenols is 1. The second-order valence-electron chi connectivity index (χ2n) is 13.3. The molecular formula is C49H32O. The molecule has 1 spiro atoms. The summed E-state index contributed by atoms with van der Waals surface area (Å²) in [6, 6.07) is 67.2. The maximum atomic E-state index is 11.5. The normalized spacial score (nSPS) is 13.0. The molecule has 0 bridgehead atoms. The highest BCUT2D eigenvalue weighted by molar-refractivity contribution is 6.00. The van der Waals surface area contributed by atoms with Crippen molar-refractivity contribution in [2.24, 2.45) is 0 Å². The number of hydrogen-bond donors (Lipinski definition) is 1. The molecule has 0 saturated carbocycles. The molecule has 8 aromatic rings. The molecule has 0 amide bonds. The van der Waals surface area contributed by atoms with Crippen molar-refractivity contribution >= 4 is 0 Å². The van der Waals surface area contributed by atoms with E-state index in [-0.39, 0.29) is 5.75 Å². The third-order valence-corrected chi connectivity index (χ3v) is 10.8. The fraction of sp³-hybridized carbons (Fsp3) is 0.0204. The highest BCUT2D eigenvalue weighted by Crippen LogP contribution is 2.64. The van der Waals surface area contributed by atoms with Gasteiger partial charge in [0.25, 0.3) is 0 Å².